The summed E-state index contributed by atoms with van der Waals surface area (Å²) in [5.74, 6) is 0. The third-order valence-electron chi connectivity index (χ3n) is 3.34. The molecule has 1 fully saturated rings. The van der Waals surface area contributed by atoms with Gasteiger partial charge in [0, 0.05) is 19.7 Å². The van der Waals surface area contributed by atoms with E-state index in [1.165, 1.54) is 0 Å². The van der Waals surface area contributed by atoms with E-state index in [0.717, 1.165) is 25.1 Å². The standard InChI is InChI=1S/C15H18ClN3OS/c16-13-6-1-2-7-14(13)18-15(21)19(9-4-8-17)11-12-5-3-10-20-12/h1-2,6-7,12H,3-5,9-11H2,(H,18,21). The normalized spacial score (nSPS) is 17.2. The maximum absolute atomic E-state index is 8.80. The summed E-state index contributed by atoms with van der Waals surface area (Å²) in [5, 5.41) is 13.2. The fourth-order valence-corrected chi connectivity index (χ4v) is 2.71. The van der Waals surface area contributed by atoms with E-state index in [1.54, 1.807) is 0 Å². The number of thiocarbonyl (C=S) groups is 1. The molecule has 112 valence electrons. The highest BCUT2D eigenvalue weighted by molar-refractivity contribution is 7.80. The van der Waals surface area contributed by atoms with Gasteiger partial charge < -0.3 is 15.0 Å². The monoisotopic (exact) mass is 323 g/mol. The minimum atomic E-state index is 0.190. The van der Waals surface area contributed by atoms with E-state index in [-0.39, 0.29) is 6.10 Å². The smallest absolute Gasteiger partial charge is 0.173 e. The van der Waals surface area contributed by atoms with Gasteiger partial charge in [-0.15, -0.1) is 0 Å². The van der Waals surface area contributed by atoms with Crippen molar-refractivity contribution in [3.63, 3.8) is 0 Å². The Morgan fingerprint density at radius 1 is 1.52 bits per heavy atom. The van der Waals surface area contributed by atoms with E-state index in [1.807, 2.05) is 29.2 Å². The van der Waals surface area contributed by atoms with Crippen molar-refractivity contribution in [1.29, 1.82) is 5.26 Å². The molecule has 2 rings (SSSR count). The van der Waals surface area contributed by atoms with Gasteiger partial charge in [-0.25, -0.2) is 0 Å². The van der Waals surface area contributed by atoms with Crippen LogP contribution >= 0.6 is 23.8 Å². The molecule has 0 saturated carbocycles. The van der Waals surface area contributed by atoms with E-state index in [2.05, 4.69) is 11.4 Å². The number of nitriles is 1. The first-order chi connectivity index (χ1) is 10.2. The first-order valence-corrected chi connectivity index (χ1v) is 7.78. The Morgan fingerprint density at radius 2 is 2.33 bits per heavy atom. The zero-order valence-corrected chi connectivity index (χ0v) is 13.3. The van der Waals surface area contributed by atoms with E-state index < -0.39 is 0 Å². The van der Waals surface area contributed by atoms with Gasteiger partial charge in [0.2, 0.25) is 0 Å². The molecule has 0 aliphatic carbocycles. The van der Waals surface area contributed by atoms with Gasteiger partial charge in [-0.05, 0) is 37.2 Å². The maximum atomic E-state index is 8.80. The molecule has 21 heavy (non-hydrogen) atoms. The topological polar surface area (TPSA) is 48.3 Å². The molecule has 0 amide bonds. The van der Waals surface area contributed by atoms with Crippen molar-refractivity contribution in [3.05, 3.63) is 29.3 Å². The fourth-order valence-electron chi connectivity index (χ4n) is 2.25. The number of nitrogens with one attached hydrogen (secondary N) is 1. The third-order valence-corrected chi connectivity index (χ3v) is 4.03. The van der Waals surface area contributed by atoms with Crippen molar-refractivity contribution in [1.82, 2.24) is 4.90 Å². The van der Waals surface area contributed by atoms with E-state index >= 15 is 0 Å². The molecule has 1 heterocycles. The van der Waals surface area contributed by atoms with Crippen LogP contribution in [0.4, 0.5) is 5.69 Å². The van der Waals surface area contributed by atoms with E-state index in [4.69, 9.17) is 33.8 Å². The highest BCUT2D eigenvalue weighted by atomic mass is 35.5. The van der Waals surface area contributed by atoms with Crippen LogP contribution in [0.3, 0.4) is 0 Å². The van der Waals surface area contributed by atoms with Crippen LogP contribution < -0.4 is 5.32 Å². The first-order valence-electron chi connectivity index (χ1n) is 6.99. The van der Waals surface area contributed by atoms with Crippen LogP contribution in [0.25, 0.3) is 0 Å². The Kier molecular flexibility index (Phi) is 6.24. The second-order valence-electron chi connectivity index (χ2n) is 4.90. The summed E-state index contributed by atoms with van der Waals surface area (Å²) >= 11 is 11.6. The van der Waals surface area contributed by atoms with E-state index in [0.29, 0.717) is 29.6 Å². The quantitative estimate of drug-likeness (QED) is 0.841. The SMILES string of the molecule is N#CCCN(CC1CCCO1)C(=S)Nc1ccccc1Cl. The van der Waals surface area contributed by atoms with Crippen molar-refractivity contribution < 1.29 is 4.74 Å². The Bertz CT molecular complexity index is 526. The van der Waals surface area contributed by atoms with Crippen molar-refractivity contribution in [2.75, 3.05) is 25.0 Å². The molecule has 6 heteroatoms. The van der Waals surface area contributed by atoms with Gasteiger partial charge in [-0.1, -0.05) is 23.7 Å². The number of hydrogen-bond donors (Lipinski definition) is 1. The summed E-state index contributed by atoms with van der Waals surface area (Å²) in [5.41, 5.74) is 0.776. The van der Waals surface area contributed by atoms with Gasteiger partial charge in [-0.2, -0.15) is 5.26 Å². The van der Waals surface area contributed by atoms with Gasteiger partial charge in [0.15, 0.2) is 5.11 Å². The molecule has 1 aromatic rings. The number of nitrogens with zero attached hydrogens (tertiary/aromatic N) is 2. The molecular formula is C15H18ClN3OS. The number of halogens is 1. The summed E-state index contributed by atoms with van der Waals surface area (Å²) in [6.07, 6.45) is 2.74. The zero-order chi connectivity index (χ0) is 15.1. The zero-order valence-electron chi connectivity index (χ0n) is 11.7. The molecule has 1 aliphatic rings. The lowest BCUT2D eigenvalue weighted by Crippen LogP contribution is -2.40. The molecule has 0 aromatic heterocycles. The maximum Gasteiger partial charge on any atom is 0.173 e. The molecule has 4 nitrogen and oxygen atoms in total. The molecule has 1 aliphatic heterocycles. The second-order valence-corrected chi connectivity index (χ2v) is 5.69. The van der Waals surface area contributed by atoms with Crippen molar-refractivity contribution >= 4 is 34.6 Å². The minimum absolute atomic E-state index is 0.190. The number of anilines is 1. The van der Waals surface area contributed by atoms with Gasteiger partial charge in [0.1, 0.15) is 0 Å². The van der Waals surface area contributed by atoms with Crippen LogP contribution in [-0.4, -0.2) is 35.8 Å². The van der Waals surface area contributed by atoms with Crippen LogP contribution in [0.1, 0.15) is 19.3 Å². The molecule has 1 saturated heterocycles. The minimum Gasteiger partial charge on any atom is -0.376 e. The number of rotatable bonds is 5. The lowest BCUT2D eigenvalue weighted by Gasteiger charge is -2.27. The number of hydrogen-bond acceptors (Lipinski definition) is 3. The van der Waals surface area contributed by atoms with Gasteiger partial charge >= 0.3 is 0 Å². The average Bonchev–Trinajstić information content (AvgIpc) is 2.98. The fraction of sp³-hybridized carbons (Fsp3) is 0.467. The molecule has 0 spiro atoms. The number of benzene rings is 1. The molecule has 0 radical (unpaired) electrons. The van der Waals surface area contributed by atoms with E-state index in [9.17, 15) is 0 Å². The first kappa shape index (κ1) is 16.0. The Labute approximate surface area is 135 Å². The van der Waals surface area contributed by atoms with Crippen LogP contribution in [0.2, 0.25) is 5.02 Å². The summed E-state index contributed by atoms with van der Waals surface area (Å²) in [6, 6.07) is 9.62. The Balaban J connectivity index is 1.99. The molecule has 1 N–H and O–H groups in total. The Morgan fingerprint density at radius 3 is 3.00 bits per heavy atom. The lowest BCUT2D eigenvalue weighted by molar-refractivity contribution is 0.0922. The molecule has 0 bridgehead atoms. The molecular weight excluding hydrogens is 306 g/mol. The predicted molar refractivity (Wildman–Crippen MR) is 88.4 cm³/mol. The largest absolute Gasteiger partial charge is 0.376 e. The number of ether oxygens (including phenoxy) is 1. The second kappa shape index (κ2) is 8.18. The Hall–Kier alpha value is -1.35. The molecule has 1 atom stereocenters. The predicted octanol–water partition coefficient (Wildman–Crippen LogP) is 3.43. The van der Waals surface area contributed by atoms with Crippen LogP contribution in [0.15, 0.2) is 24.3 Å². The third kappa shape index (κ3) is 4.85. The van der Waals surface area contributed by atoms with Gasteiger partial charge in [0.25, 0.3) is 0 Å². The highest BCUT2D eigenvalue weighted by Gasteiger charge is 2.21. The van der Waals surface area contributed by atoms with Crippen molar-refractivity contribution in [2.45, 2.75) is 25.4 Å². The molecule has 1 aromatic carbocycles. The van der Waals surface area contributed by atoms with Gasteiger partial charge in [-0.3, -0.25) is 0 Å². The highest BCUT2D eigenvalue weighted by Crippen LogP contribution is 2.21. The van der Waals surface area contributed by atoms with Crippen LogP contribution in [0, 0.1) is 11.3 Å². The van der Waals surface area contributed by atoms with Crippen LogP contribution in [0.5, 0.6) is 0 Å². The van der Waals surface area contributed by atoms with Gasteiger partial charge in [0.05, 0.1) is 29.3 Å². The average molecular weight is 324 g/mol. The lowest BCUT2D eigenvalue weighted by atomic mass is 10.2. The summed E-state index contributed by atoms with van der Waals surface area (Å²) in [6.45, 7) is 2.10. The van der Waals surface area contributed by atoms with Crippen molar-refractivity contribution in [3.8, 4) is 6.07 Å². The van der Waals surface area contributed by atoms with Crippen LogP contribution in [-0.2, 0) is 4.74 Å². The summed E-state index contributed by atoms with van der Waals surface area (Å²) in [7, 11) is 0. The van der Waals surface area contributed by atoms with Crippen molar-refractivity contribution in [2.24, 2.45) is 0 Å². The summed E-state index contributed by atoms with van der Waals surface area (Å²) < 4.78 is 5.65. The molecule has 1 unspecified atom stereocenters. The number of para-hydroxylation sites is 1. The summed E-state index contributed by atoms with van der Waals surface area (Å²) in [4.78, 5) is 1.98.